The number of esters is 1. The van der Waals surface area contributed by atoms with Crippen LogP contribution in [0.2, 0.25) is 0 Å². The zero-order valence-corrected chi connectivity index (χ0v) is 13.5. The normalized spacial score (nSPS) is 10.4. The van der Waals surface area contributed by atoms with Gasteiger partial charge in [0.1, 0.15) is 0 Å². The zero-order valence-electron chi connectivity index (χ0n) is 10.3. The number of nitrogens with one attached hydrogen (secondary N) is 1. The first-order valence-electron chi connectivity index (χ1n) is 5.65. The van der Waals surface area contributed by atoms with Crippen LogP contribution >= 0.6 is 38.6 Å². The number of nitrogens with zero attached hydrogens (tertiary/aromatic N) is 1. The smallest absolute Gasteiger partial charge is 0.305 e. The molecule has 0 fully saturated rings. The molecular formula is C12H13BrN2O2S2. The van der Waals surface area contributed by atoms with Gasteiger partial charge in [0.15, 0.2) is 5.13 Å². The van der Waals surface area contributed by atoms with Crippen molar-refractivity contribution in [1.82, 2.24) is 4.98 Å². The van der Waals surface area contributed by atoms with Gasteiger partial charge in [-0.25, -0.2) is 4.98 Å². The SMILES string of the molecule is COC(=O)CCc1csc(NCc2cc(Br)cs2)n1. The third kappa shape index (κ3) is 4.59. The molecule has 0 saturated heterocycles. The summed E-state index contributed by atoms with van der Waals surface area (Å²) in [6.45, 7) is 0.764. The molecule has 0 amide bonds. The van der Waals surface area contributed by atoms with E-state index in [9.17, 15) is 4.79 Å². The maximum absolute atomic E-state index is 11.0. The van der Waals surface area contributed by atoms with Gasteiger partial charge in [-0.05, 0) is 22.0 Å². The average Bonchev–Trinajstić information content (AvgIpc) is 3.02. The van der Waals surface area contributed by atoms with Crippen LogP contribution in [-0.2, 0) is 22.5 Å². The molecule has 0 aliphatic rings. The second-order valence-corrected chi connectivity index (χ2v) is 6.57. The molecule has 1 N–H and O–H groups in total. The summed E-state index contributed by atoms with van der Waals surface area (Å²) >= 11 is 6.68. The number of aryl methyl sites for hydroxylation is 1. The quantitative estimate of drug-likeness (QED) is 0.798. The summed E-state index contributed by atoms with van der Waals surface area (Å²) in [6, 6.07) is 2.09. The average molecular weight is 361 g/mol. The van der Waals surface area contributed by atoms with Crippen LogP contribution in [-0.4, -0.2) is 18.1 Å². The van der Waals surface area contributed by atoms with Crippen molar-refractivity contribution < 1.29 is 9.53 Å². The fraction of sp³-hybridized carbons (Fsp3) is 0.333. The van der Waals surface area contributed by atoms with E-state index < -0.39 is 0 Å². The van der Waals surface area contributed by atoms with Crippen LogP contribution in [0.4, 0.5) is 5.13 Å². The molecule has 0 radical (unpaired) electrons. The van der Waals surface area contributed by atoms with Gasteiger partial charge in [0, 0.05) is 26.5 Å². The molecule has 0 aliphatic carbocycles. The van der Waals surface area contributed by atoms with Crippen LogP contribution in [0.5, 0.6) is 0 Å². The third-order valence-electron chi connectivity index (χ3n) is 2.40. The van der Waals surface area contributed by atoms with E-state index in [0.717, 1.165) is 21.8 Å². The van der Waals surface area contributed by atoms with Crippen LogP contribution in [0.25, 0.3) is 0 Å². The second-order valence-electron chi connectivity index (χ2n) is 3.80. The predicted octanol–water partition coefficient (Wildman–Crippen LogP) is 3.68. The number of anilines is 1. The molecule has 2 rings (SSSR count). The van der Waals surface area contributed by atoms with Crippen molar-refractivity contribution in [3.8, 4) is 0 Å². The van der Waals surface area contributed by atoms with Gasteiger partial charge in [0.25, 0.3) is 0 Å². The number of hydrogen-bond acceptors (Lipinski definition) is 6. The Morgan fingerprint density at radius 2 is 2.32 bits per heavy atom. The first-order valence-corrected chi connectivity index (χ1v) is 8.20. The lowest BCUT2D eigenvalue weighted by atomic mass is 10.2. The first kappa shape index (κ1) is 14.5. The number of thiazole rings is 1. The van der Waals surface area contributed by atoms with Crippen molar-refractivity contribution in [3.05, 3.63) is 31.9 Å². The van der Waals surface area contributed by atoms with Gasteiger partial charge in [-0.2, -0.15) is 0 Å². The molecule has 0 saturated carbocycles. The molecule has 0 aliphatic heterocycles. The second kappa shape index (κ2) is 7.02. The van der Waals surface area contributed by atoms with Crippen LogP contribution in [0, 0.1) is 0 Å². The van der Waals surface area contributed by atoms with E-state index in [1.54, 1.807) is 22.7 Å². The molecule has 7 heteroatoms. The van der Waals surface area contributed by atoms with E-state index in [0.29, 0.717) is 12.8 Å². The fourth-order valence-electron chi connectivity index (χ4n) is 1.44. The van der Waals surface area contributed by atoms with Gasteiger partial charge >= 0.3 is 5.97 Å². The Morgan fingerprint density at radius 1 is 1.47 bits per heavy atom. The minimum absolute atomic E-state index is 0.203. The molecule has 4 nitrogen and oxygen atoms in total. The molecule has 0 aromatic carbocycles. The number of hydrogen-bond donors (Lipinski definition) is 1. The number of methoxy groups -OCH3 is 1. The Hall–Kier alpha value is -0.920. The summed E-state index contributed by atoms with van der Waals surface area (Å²) in [4.78, 5) is 16.7. The number of halogens is 1. The molecule has 19 heavy (non-hydrogen) atoms. The number of carbonyl (C=O) groups excluding carboxylic acids is 1. The minimum Gasteiger partial charge on any atom is -0.469 e. The summed E-state index contributed by atoms with van der Waals surface area (Å²) in [5.41, 5.74) is 0.922. The molecule has 2 aromatic rings. The van der Waals surface area contributed by atoms with Crippen LogP contribution in [0.1, 0.15) is 17.0 Å². The summed E-state index contributed by atoms with van der Waals surface area (Å²) in [7, 11) is 1.40. The minimum atomic E-state index is -0.203. The van der Waals surface area contributed by atoms with Gasteiger partial charge in [0.2, 0.25) is 0 Å². The maximum atomic E-state index is 11.0. The Bertz CT molecular complexity index is 553. The van der Waals surface area contributed by atoms with E-state index >= 15 is 0 Å². The standard InChI is InChI=1S/C12H13BrN2O2S2/c1-17-11(16)3-2-9-7-19-12(15-9)14-5-10-4-8(13)6-18-10/h4,6-7H,2-3,5H2,1H3,(H,14,15). The monoisotopic (exact) mass is 360 g/mol. The molecular weight excluding hydrogens is 348 g/mol. The highest BCUT2D eigenvalue weighted by atomic mass is 79.9. The molecule has 2 aromatic heterocycles. The molecule has 102 valence electrons. The van der Waals surface area contributed by atoms with Crippen molar-refractivity contribution in [2.75, 3.05) is 12.4 Å². The predicted molar refractivity (Wildman–Crippen MR) is 81.8 cm³/mol. The van der Waals surface area contributed by atoms with Gasteiger partial charge in [-0.15, -0.1) is 22.7 Å². The van der Waals surface area contributed by atoms with Crippen molar-refractivity contribution in [1.29, 1.82) is 0 Å². The number of aromatic nitrogens is 1. The lowest BCUT2D eigenvalue weighted by Crippen LogP contribution is -2.02. The Balaban J connectivity index is 1.82. The highest BCUT2D eigenvalue weighted by Gasteiger charge is 2.06. The van der Waals surface area contributed by atoms with Crippen LogP contribution in [0.3, 0.4) is 0 Å². The Kier molecular flexibility index (Phi) is 5.35. The number of ether oxygens (including phenoxy) is 1. The third-order valence-corrected chi connectivity index (χ3v) is 4.95. The molecule has 0 unspecified atom stereocenters. The lowest BCUT2D eigenvalue weighted by molar-refractivity contribution is -0.140. The lowest BCUT2D eigenvalue weighted by Gasteiger charge is -1.99. The van der Waals surface area contributed by atoms with E-state index in [1.807, 2.05) is 5.38 Å². The van der Waals surface area contributed by atoms with E-state index in [1.165, 1.54) is 12.0 Å². The van der Waals surface area contributed by atoms with Gasteiger partial charge in [-0.3, -0.25) is 4.79 Å². The highest BCUT2D eigenvalue weighted by Crippen LogP contribution is 2.22. The zero-order chi connectivity index (χ0) is 13.7. The molecule has 0 atom stereocenters. The summed E-state index contributed by atoms with van der Waals surface area (Å²) in [5, 5.41) is 8.18. The largest absolute Gasteiger partial charge is 0.469 e. The van der Waals surface area contributed by atoms with Crippen LogP contribution < -0.4 is 5.32 Å². The Morgan fingerprint density at radius 3 is 3.00 bits per heavy atom. The maximum Gasteiger partial charge on any atom is 0.305 e. The van der Waals surface area contributed by atoms with Crippen molar-refractivity contribution in [2.45, 2.75) is 19.4 Å². The van der Waals surface area contributed by atoms with E-state index in [2.05, 4.69) is 42.4 Å². The van der Waals surface area contributed by atoms with Gasteiger partial charge in [-0.1, -0.05) is 0 Å². The molecule has 0 spiro atoms. The fourth-order valence-corrected chi connectivity index (χ4v) is 3.58. The highest BCUT2D eigenvalue weighted by molar-refractivity contribution is 9.10. The first-order chi connectivity index (χ1) is 9.17. The van der Waals surface area contributed by atoms with Crippen molar-refractivity contribution >= 4 is 49.7 Å². The summed E-state index contributed by atoms with van der Waals surface area (Å²) in [5.74, 6) is -0.203. The van der Waals surface area contributed by atoms with Crippen LogP contribution in [0.15, 0.2) is 21.3 Å². The van der Waals surface area contributed by atoms with E-state index in [-0.39, 0.29) is 5.97 Å². The number of carbonyl (C=O) groups is 1. The molecule has 0 bridgehead atoms. The van der Waals surface area contributed by atoms with E-state index in [4.69, 9.17) is 0 Å². The van der Waals surface area contributed by atoms with Crippen molar-refractivity contribution in [3.63, 3.8) is 0 Å². The number of thiophene rings is 1. The van der Waals surface area contributed by atoms with Crippen molar-refractivity contribution in [2.24, 2.45) is 0 Å². The van der Waals surface area contributed by atoms with Gasteiger partial charge < -0.3 is 10.1 Å². The Labute approximate surface area is 128 Å². The molecule has 2 heterocycles. The number of rotatable bonds is 6. The summed E-state index contributed by atoms with van der Waals surface area (Å²) < 4.78 is 5.71. The topological polar surface area (TPSA) is 51.2 Å². The summed E-state index contributed by atoms with van der Waals surface area (Å²) in [6.07, 6.45) is 0.993. The van der Waals surface area contributed by atoms with Gasteiger partial charge in [0.05, 0.1) is 25.8 Å².